The predicted octanol–water partition coefficient (Wildman–Crippen LogP) is 4.90. The molecular weight excluding hydrogens is 504 g/mol. The number of aromatic nitrogens is 3. The summed E-state index contributed by atoms with van der Waals surface area (Å²) in [6.07, 6.45) is 3.66. The van der Waals surface area contributed by atoms with Crippen molar-refractivity contribution >= 4 is 17.5 Å². The third-order valence-corrected chi connectivity index (χ3v) is 6.12. The fraction of sp³-hybridized carbons (Fsp3) is 0.194. The van der Waals surface area contributed by atoms with Gasteiger partial charge in [-0.1, -0.05) is 72.8 Å². The molecule has 2 heterocycles. The second-order valence-corrected chi connectivity index (χ2v) is 9.09. The van der Waals surface area contributed by atoms with Crippen LogP contribution in [0.1, 0.15) is 11.1 Å². The van der Waals surface area contributed by atoms with Crippen molar-refractivity contribution in [1.82, 2.24) is 25.2 Å². The average molecular weight is 537 g/mol. The number of ether oxygens (including phenoxy) is 2. The number of carbonyl (C=O) groups excluding carboxylic acids is 1. The molecule has 3 aromatic carbocycles. The fourth-order valence-electron chi connectivity index (χ4n) is 4.10. The van der Waals surface area contributed by atoms with Crippen molar-refractivity contribution in [3.8, 4) is 16.9 Å². The SMILES string of the molecule is O=C(NCCNc1ccn2ncc(-c3cccc(OCc4ccccc4)c3)c2n1)NCCOCc1ccccc1. The molecule has 5 aromatic rings. The van der Waals surface area contributed by atoms with Crippen LogP contribution in [0.4, 0.5) is 10.6 Å². The van der Waals surface area contributed by atoms with E-state index in [1.807, 2.05) is 97.2 Å². The Labute approximate surface area is 233 Å². The molecule has 3 N–H and O–H groups in total. The molecule has 0 aliphatic rings. The maximum Gasteiger partial charge on any atom is 0.314 e. The molecule has 0 saturated carbocycles. The van der Waals surface area contributed by atoms with Crippen molar-refractivity contribution in [2.45, 2.75) is 13.2 Å². The lowest BCUT2D eigenvalue weighted by atomic mass is 10.1. The zero-order valence-corrected chi connectivity index (χ0v) is 22.1. The predicted molar refractivity (Wildman–Crippen MR) is 155 cm³/mol. The Morgan fingerprint density at radius 2 is 1.55 bits per heavy atom. The van der Waals surface area contributed by atoms with Gasteiger partial charge in [0.05, 0.1) is 19.4 Å². The van der Waals surface area contributed by atoms with Gasteiger partial charge < -0.3 is 25.4 Å². The van der Waals surface area contributed by atoms with E-state index in [0.29, 0.717) is 45.3 Å². The highest BCUT2D eigenvalue weighted by Gasteiger charge is 2.10. The number of hydrogen-bond donors (Lipinski definition) is 3. The highest BCUT2D eigenvalue weighted by Crippen LogP contribution is 2.27. The Kier molecular flexibility index (Phi) is 9.19. The van der Waals surface area contributed by atoms with Crippen molar-refractivity contribution in [2.24, 2.45) is 0 Å². The lowest BCUT2D eigenvalue weighted by Crippen LogP contribution is -2.39. The lowest BCUT2D eigenvalue weighted by Gasteiger charge is -2.10. The van der Waals surface area contributed by atoms with Crippen LogP contribution in [0.5, 0.6) is 5.75 Å². The van der Waals surface area contributed by atoms with Crippen LogP contribution >= 0.6 is 0 Å². The quantitative estimate of drug-likeness (QED) is 0.185. The van der Waals surface area contributed by atoms with E-state index < -0.39 is 0 Å². The Morgan fingerprint density at radius 3 is 2.35 bits per heavy atom. The summed E-state index contributed by atoms with van der Waals surface area (Å²) in [6, 6.07) is 29.6. The summed E-state index contributed by atoms with van der Waals surface area (Å²) in [5.74, 6) is 1.48. The van der Waals surface area contributed by atoms with E-state index in [0.717, 1.165) is 33.7 Å². The average Bonchev–Trinajstić information content (AvgIpc) is 3.43. The van der Waals surface area contributed by atoms with E-state index in [1.54, 1.807) is 10.7 Å². The molecule has 0 saturated heterocycles. The molecule has 9 nitrogen and oxygen atoms in total. The summed E-state index contributed by atoms with van der Waals surface area (Å²) in [4.78, 5) is 16.8. The molecule has 9 heteroatoms. The topological polar surface area (TPSA) is 102 Å². The van der Waals surface area contributed by atoms with Gasteiger partial charge in [-0.15, -0.1) is 0 Å². The highest BCUT2D eigenvalue weighted by molar-refractivity contribution is 5.78. The van der Waals surface area contributed by atoms with Crippen LogP contribution in [0.15, 0.2) is 103 Å². The van der Waals surface area contributed by atoms with Crippen molar-refractivity contribution < 1.29 is 14.3 Å². The molecule has 0 aliphatic heterocycles. The first-order chi connectivity index (χ1) is 19.7. The summed E-state index contributed by atoms with van der Waals surface area (Å²) in [7, 11) is 0. The molecule has 0 fully saturated rings. The van der Waals surface area contributed by atoms with Crippen LogP contribution in [-0.4, -0.2) is 46.9 Å². The number of benzene rings is 3. The second-order valence-electron chi connectivity index (χ2n) is 9.09. The number of nitrogens with zero attached hydrogens (tertiary/aromatic N) is 3. The first-order valence-corrected chi connectivity index (χ1v) is 13.2. The van der Waals surface area contributed by atoms with Crippen LogP contribution in [0.3, 0.4) is 0 Å². The monoisotopic (exact) mass is 536 g/mol. The summed E-state index contributed by atoms with van der Waals surface area (Å²) >= 11 is 0. The van der Waals surface area contributed by atoms with Crippen molar-refractivity contribution in [1.29, 1.82) is 0 Å². The van der Waals surface area contributed by atoms with Gasteiger partial charge in [-0.05, 0) is 34.9 Å². The molecule has 0 spiro atoms. The number of rotatable bonds is 13. The van der Waals surface area contributed by atoms with Gasteiger partial charge in [0.15, 0.2) is 5.65 Å². The molecule has 0 radical (unpaired) electrons. The van der Waals surface area contributed by atoms with Crippen LogP contribution in [0.2, 0.25) is 0 Å². The third-order valence-electron chi connectivity index (χ3n) is 6.12. The zero-order valence-electron chi connectivity index (χ0n) is 22.1. The number of hydrogen-bond acceptors (Lipinski definition) is 6. The first kappa shape index (κ1) is 26.7. The number of carbonyl (C=O) groups is 1. The van der Waals surface area contributed by atoms with Gasteiger partial charge in [-0.25, -0.2) is 14.3 Å². The van der Waals surface area contributed by atoms with Crippen LogP contribution < -0.4 is 20.7 Å². The van der Waals surface area contributed by atoms with Crippen LogP contribution in [0, 0.1) is 0 Å². The number of nitrogens with one attached hydrogen (secondary N) is 3. The maximum absolute atomic E-state index is 12.0. The summed E-state index contributed by atoms with van der Waals surface area (Å²) in [5.41, 5.74) is 4.82. The molecule has 0 atom stereocenters. The zero-order chi connectivity index (χ0) is 27.4. The van der Waals surface area contributed by atoms with E-state index in [2.05, 4.69) is 21.0 Å². The van der Waals surface area contributed by atoms with E-state index in [9.17, 15) is 4.79 Å². The van der Waals surface area contributed by atoms with Crippen molar-refractivity contribution in [3.05, 3.63) is 115 Å². The fourth-order valence-corrected chi connectivity index (χ4v) is 4.10. The standard InChI is InChI=1S/C31H32N6O3/c38-31(34-17-19-39-22-24-8-3-1-4-9-24)33-16-15-32-29-14-18-37-30(36-29)28(21-35-37)26-12-7-13-27(20-26)40-23-25-10-5-2-6-11-25/h1-14,18,20-21H,15-17,19,22-23H2,(H,32,36)(H2,33,34,38). The molecular formula is C31H32N6O3. The Morgan fingerprint density at radius 1 is 0.800 bits per heavy atom. The number of amides is 2. The van der Waals surface area contributed by atoms with Gasteiger partial charge in [0.1, 0.15) is 18.2 Å². The number of anilines is 1. The summed E-state index contributed by atoms with van der Waals surface area (Å²) < 4.78 is 13.3. The van der Waals surface area contributed by atoms with Gasteiger partial charge in [-0.3, -0.25) is 0 Å². The molecule has 2 aromatic heterocycles. The highest BCUT2D eigenvalue weighted by atomic mass is 16.5. The molecule has 0 unspecified atom stereocenters. The largest absolute Gasteiger partial charge is 0.489 e. The maximum atomic E-state index is 12.0. The normalized spacial score (nSPS) is 10.8. The van der Waals surface area contributed by atoms with Gasteiger partial charge in [0.2, 0.25) is 0 Å². The Bertz CT molecular complexity index is 1510. The summed E-state index contributed by atoms with van der Waals surface area (Å²) in [5, 5.41) is 13.3. The van der Waals surface area contributed by atoms with E-state index in [-0.39, 0.29) is 6.03 Å². The molecule has 0 bridgehead atoms. The van der Waals surface area contributed by atoms with E-state index >= 15 is 0 Å². The van der Waals surface area contributed by atoms with Crippen LogP contribution in [-0.2, 0) is 18.0 Å². The molecule has 5 rings (SSSR count). The number of urea groups is 1. The molecule has 204 valence electrons. The molecule has 2 amide bonds. The lowest BCUT2D eigenvalue weighted by molar-refractivity contribution is 0.123. The second kappa shape index (κ2) is 13.8. The van der Waals surface area contributed by atoms with Gasteiger partial charge in [-0.2, -0.15) is 5.10 Å². The van der Waals surface area contributed by atoms with Gasteiger partial charge in [0, 0.05) is 31.4 Å². The van der Waals surface area contributed by atoms with E-state index in [1.165, 1.54) is 0 Å². The van der Waals surface area contributed by atoms with E-state index in [4.69, 9.17) is 14.5 Å². The third kappa shape index (κ3) is 7.58. The molecule has 0 aliphatic carbocycles. The van der Waals surface area contributed by atoms with Crippen molar-refractivity contribution in [3.63, 3.8) is 0 Å². The minimum absolute atomic E-state index is 0.235. The summed E-state index contributed by atoms with van der Waals surface area (Å²) in [6.45, 7) is 2.87. The number of fused-ring (bicyclic) bond motifs is 1. The van der Waals surface area contributed by atoms with Crippen molar-refractivity contribution in [2.75, 3.05) is 31.6 Å². The smallest absolute Gasteiger partial charge is 0.314 e. The minimum atomic E-state index is -0.235. The minimum Gasteiger partial charge on any atom is -0.489 e. The van der Waals surface area contributed by atoms with Crippen LogP contribution in [0.25, 0.3) is 16.8 Å². The van der Waals surface area contributed by atoms with Gasteiger partial charge in [0.25, 0.3) is 0 Å². The van der Waals surface area contributed by atoms with Gasteiger partial charge >= 0.3 is 6.03 Å². The Hall–Kier alpha value is -4.89. The Balaban J connectivity index is 1.08. The molecule has 40 heavy (non-hydrogen) atoms. The first-order valence-electron chi connectivity index (χ1n) is 13.2.